The first kappa shape index (κ1) is 24.0. The second-order valence-corrected chi connectivity index (χ2v) is 9.30. The van der Waals surface area contributed by atoms with Crippen LogP contribution in [-0.4, -0.2) is 40.5 Å². The van der Waals surface area contributed by atoms with Crippen LogP contribution in [0.5, 0.6) is 11.5 Å². The highest BCUT2D eigenvalue weighted by Gasteiger charge is 2.39. The van der Waals surface area contributed by atoms with Gasteiger partial charge < -0.3 is 14.8 Å². The van der Waals surface area contributed by atoms with E-state index in [0.717, 1.165) is 17.0 Å². The summed E-state index contributed by atoms with van der Waals surface area (Å²) in [6.07, 6.45) is -0.144. The maximum atomic E-state index is 13.2. The number of halogens is 1. The molecule has 2 amide bonds. The lowest BCUT2D eigenvalue weighted by molar-refractivity contribution is -0.121. The lowest BCUT2D eigenvalue weighted by atomic mass is 10.2. The lowest BCUT2D eigenvalue weighted by Crippen LogP contribution is -2.34. The SMILES string of the molecule is COc1ccc(NS(=O)(=O)c2cc(N[C@H]3CC(=O)N(c4ccc(F)cc4)C3=O)ccc2OC)cc1. The molecule has 0 unspecified atom stereocenters. The third-order valence-corrected chi connectivity index (χ3v) is 6.77. The van der Waals surface area contributed by atoms with Gasteiger partial charge in [-0.15, -0.1) is 0 Å². The molecular weight excluding hydrogens is 477 g/mol. The fourth-order valence-corrected chi connectivity index (χ4v) is 4.91. The molecule has 11 heteroatoms. The second-order valence-electron chi connectivity index (χ2n) is 7.64. The van der Waals surface area contributed by atoms with Gasteiger partial charge in [-0.1, -0.05) is 0 Å². The molecule has 0 saturated carbocycles. The molecule has 0 bridgehead atoms. The van der Waals surface area contributed by atoms with Gasteiger partial charge in [0.05, 0.1) is 26.3 Å². The summed E-state index contributed by atoms with van der Waals surface area (Å²) in [4.78, 5) is 26.2. The quantitative estimate of drug-likeness (QED) is 0.457. The number of carbonyl (C=O) groups is 2. The van der Waals surface area contributed by atoms with E-state index in [-0.39, 0.29) is 22.8 Å². The summed E-state index contributed by atoms with van der Waals surface area (Å²) in [7, 11) is -1.22. The molecule has 1 aliphatic heterocycles. The molecule has 3 aromatic rings. The minimum atomic E-state index is -4.07. The number of rotatable bonds is 8. The summed E-state index contributed by atoms with van der Waals surface area (Å²) in [6.45, 7) is 0. The molecule has 0 radical (unpaired) electrons. The van der Waals surface area contributed by atoms with Crippen LogP contribution >= 0.6 is 0 Å². The van der Waals surface area contributed by atoms with Gasteiger partial charge in [-0.05, 0) is 66.7 Å². The van der Waals surface area contributed by atoms with Crippen LogP contribution in [0.1, 0.15) is 6.42 Å². The van der Waals surface area contributed by atoms with Crippen molar-refractivity contribution in [1.82, 2.24) is 0 Å². The highest BCUT2D eigenvalue weighted by Crippen LogP contribution is 2.31. The van der Waals surface area contributed by atoms with Crippen molar-refractivity contribution in [1.29, 1.82) is 0 Å². The first-order valence-electron chi connectivity index (χ1n) is 10.5. The minimum absolute atomic E-state index is 0.0957. The number of nitrogens with zero attached hydrogens (tertiary/aromatic N) is 1. The molecular formula is C24H22FN3O6S. The van der Waals surface area contributed by atoms with Gasteiger partial charge in [0.15, 0.2) is 0 Å². The van der Waals surface area contributed by atoms with Crippen molar-refractivity contribution in [3.8, 4) is 11.5 Å². The Morgan fingerprint density at radius 1 is 0.914 bits per heavy atom. The summed E-state index contributed by atoms with van der Waals surface area (Å²) < 4.78 is 52.2. The maximum absolute atomic E-state index is 13.2. The second kappa shape index (κ2) is 9.63. The lowest BCUT2D eigenvalue weighted by Gasteiger charge is -2.17. The van der Waals surface area contributed by atoms with E-state index in [0.29, 0.717) is 17.1 Å². The number of hydrogen-bond donors (Lipinski definition) is 2. The van der Waals surface area contributed by atoms with Gasteiger partial charge in [-0.2, -0.15) is 0 Å². The molecule has 1 heterocycles. The molecule has 9 nitrogen and oxygen atoms in total. The number of sulfonamides is 1. The number of ether oxygens (including phenoxy) is 2. The van der Waals surface area contributed by atoms with Crippen LogP contribution in [-0.2, 0) is 19.6 Å². The predicted octanol–water partition coefficient (Wildman–Crippen LogP) is 3.39. The van der Waals surface area contributed by atoms with Crippen LogP contribution in [0.3, 0.4) is 0 Å². The molecule has 0 aliphatic carbocycles. The van der Waals surface area contributed by atoms with Gasteiger partial charge in [-0.3, -0.25) is 14.3 Å². The van der Waals surface area contributed by atoms with Crippen molar-refractivity contribution >= 4 is 38.9 Å². The molecule has 4 rings (SSSR count). The topological polar surface area (TPSA) is 114 Å². The maximum Gasteiger partial charge on any atom is 0.265 e. The van der Waals surface area contributed by atoms with E-state index in [1.165, 1.54) is 38.5 Å². The van der Waals surface area contributed by atoms with Crippen molar-refractivity contribution in [3.05, 3.63) is 72.5 Å². The molecule has 3 aromatic carbocycles. The molecule has 1 fully saturated rings. The zero-order valence-corrected chi connectivity index (χ0v) is 19.6. The van der Waals surface area contributed by atoms with E-state index in [2.05, 4.69) is 10.0 Å². The van der Waals surface area contributed by atoms with Crippen LogP contribution in [0.4, 0.5) is 21.5 Å². The van der Waals surface area contributed by atoms with Crippen LogP contribution in [0.25, 0.3) is 0 Å². The van der Waals surface area contributed by atoms with E-state index < -0.39 is 33.7 Å². The van der Waals surface area contributed by atoms with Gasteiger partial charge in [0, 0.05) is 11.4 Å². The van der Waals surface area contributed by atoms with Crippen LogP contribution in [0.2, 0.25) is 0 Å². The minimum Gasteiger partial charge on any atom is -0.497 e. The standard InChI is InChI=1S/C24H22FN3O6S/c1-33-19-10-5-16(6-11-19)27-35(31,32)22-13-17(7-12-21(22)34-2)26-20-14-23(29)28(24(20)30)18-8-3-15(25)4-9-18/h3-13,20,26-27H,14H2,1-2H3/t20-/m0/s1. The molecule has 0 aromatic heterocycles. The Labute approximate surface area is 201 Å². The fourth-order valence-electron chi connectivity index (χ4n) is 3.65. The molecule has 2 N–H and O–H groups in total. The average Bonchev–Trinajstić information content (AvgIpc) is 3.12. The van der Waals surface area contributed by atoms with Crippen LogP contribution in [0.15, 0.2) is 71.6 Å². The van der Waals surface area contributed by atoms with E-state index in [1.54, 1.807) is 30.3 Å². The van der Waals surface area contributed by atoms with Crippen molar-refractivity contribution in [2.75, 3.05) is 29.2 Å². The Morgan fingerprint density at radius 2 is 1.57 bits per heavy atom. The molecule has 0 spiro atoms. The highest BCUT2D eigenvalue weighted by molar-refractivity contribution is 7.92. The van der Waals surface area contributed by atoms with Gasteiger partial charge in [-0.25, -0.2) is 17.7 Å². The van der Waals surface area contributed by atoms with E-state index in [9.17, 15) is 22.4 Å². The normalized spacial score (nSPS) is 15.7. The molecule has 1 aliphatic rings. The molecule has 1 saturated heterocycles. The third kappa shape index (κ3) is 5.04. The third-order valence-electron chi connectivity index (χ3n) is 5.37. The number of imide groups is 1. The summed E-state index contributed by atoms with van der Waals surface area (Å²) in [5.41, 5.74) is 0.873. The van der Waals surface area contributed by atoms with Gasteiger partial charge >= 0.3 is 0 Å². The number of methoxy groups -OCH3 is 2. The van der Waals surface area contributed by atoms with Gasteiger partial charge in [0.25, 0.3) is 15.9 Å². The Balaban J connectivity index is 1.57. The van der Waals surface area contributed by atoms with Crippen molar-refractivity contribution in [3.63, 3.8) is 0 Å². The zero-order chi connectivity index (χ0) is 25.2. The number of carbonyl (C=O) groups excluding carboxylic acids is 2. The smallest absolute Gasteiger partial charge is 0.265 e. The first-order chi connectivity index (χ1) is 16.7. The Morgan fingerprint density at radius 3 is 2.20 bits per heavy atom. The van der Waals surface area contributed by atoms with E-state index in [4.69, 9.17) is 9.47 Å². The van der Waals surface area contributed by atoms with E-state index in [1.807, 2.05) is 0 Å². The summed E-state index contributed by atoms with van der Waals surface area (Å²) in [6, 6.07) is 14.7. The largest absolute Gasteiger partial charge is 0.497 e. The highest BCUT2D eigenvalue weighted by atomic mass is 32.2. The van der Waals surface area contributed by atoms with Crippen molar-refractivity contribution in [2.24, 2.45) is 0 Å². The van der Waals surface area contributed by atoms with E-state index >= 15 is 0 Å². The number of hydrogen-bond acceptors (Lipinski definition) is 7. The first-order valence-corrected chi connectivity index (χ1v) is 11.9. The number of anilines is 3. The summed E-state index contributed by atoms with van der Waals surface area (Å²) in [5, 5.41) is 2.92. The predicted molar refractivity (Wildman–Crippen MR) is 128 cm³/mol. The van der Waals surface area contributed by atoms with Gasteiger partial charge in [0.1, 0.15) is 28.3 Å². The van der Waals surface area contributed by atoms with Crippen LogP contribution in [0, 0.1) is 5.82 Å². The Kier molecular flexibility index (Phi) is 6.61. The fraction of sp³-hybridized carbons (Fsp3) is 0.167. The number of benzene rings is 3. The zero-order valence-electron chi connectivity index (χ0n) is 18.8. The molecule has 1 atom stereocenters. The van der Waals surface area contributed by atoms with Crippen molar-refractivity contribution in [2.45, 2.75) is 17.4 Å². The average molecular weight is 500 g/mol. The summed E-state index contributed by atoms with van der Waals surface area (Å²) >= 11 is 0. The summed E-state index contributed by atoms with van der Waals surface area (Å²) in [5.74, 6) is -0.807. The van der Waals surface area contributed by atoms with Crippen molar-refractivity contribution < 1.29 is 31.9 Å². The molecule has 35 heavy (non-hydrogen) atoms. The number of nitrogens with one attached hydrogen (secondary N) is 2. The molecule has 182 valence electrons. The van der Waals surface area contributed by atoms with Crippen LogP contribution < -0.4 is 24.4 Å². The number of amides is 2. The Hall–Kier alpha value is -4.12. The monoisotopic (exact) mass is 499 g/mol. The Bertz CT molecular complexity index is 1360. The van der Waals surface area contributed by atoms with Gasteiger partial charge in [0.2, 0.25) is 5.91 Å².